The van der Waals surface area contributed by atoms with E-state index in [9.17, 15) is 13.5 Å². The Kier molecular flexibility index (Phi) is 6.42. The van der Waals surface area contributed by atoms with E-state index in [2.05, 4.69) is 22.4 Å². The van der Waals surface area contributed by atoms with Gasteiger partial charge >= 0.3 is 0 Å². The van der Waals surface area contributed by atoms with Crippen molar-refractivity contribution < 1.29 is 23.0 Å². The Morgan fingerprint density at radius 2 is 2.06 bits per heavy atom. The zero-order valence-electron chi connectivity index (χ0n) is 19.3. The Morgan fingerprint density at radius 3 is 2.91 bits per heavy atom. The van der Waals surface area contributed by atoms with Crippen molar-refractivity contribution in [3.8, 4) is 11.5 Å². The first-order valence-corrected chi connectivity index (χ1v) is 13.6. The standard InChI is InChI=1S/C25H31N3O5S/c1-34(30,31)28-11-13-33-25-9-6-17(14-23(25)28)24(29)16-26-10-12-32-18-7-8-20-19-4-2-3-5-21(19)27-22(20)15-18/h6-9,14-15,24,26-27,29H,2-5,10-13,16H2,1H3. The molecule has 1 aromatic heterocycles. The SMILES string of the molecule is CS(=O)(=O)N1CCOc2ccc(C(O)CNCCOc3ccc4c5c([nH]c4c3)CCCC5)cc21. The number of H-pyrrole nitrogens is 1. The number of ether oxygens (including phenoxy) is 2. The van der Waals surface area contributed by atoms with Crippen molar-refractivity contribution in [1.29, 1.82) is 0 Å². The number of benzene rings is 2. The molecular formula is C25H31N3O5S. The Hall–Kier alpha value is -2.75. The molecule has 0 saturated carbocycles. The molecule has 3 aromatic rings. The van der Waals surface area contributed by atoms with E-state index in [-0.39, 0.29) is 6.54 Å². The molecule has 0 fully saturated rings. The van der Waals surface area contributed by atoms with Crippen LogP contribution in [0.2, 0.25) is 0 Å². The Bertz CT molecular complexity index is 1290. The Balaban J connectivity index is 1.14. The van der Waals surface area contributed by atoms with Gasteiger partial charge in [0.15, 0.2) is 0 Å². The van der Waals surface area contributed by atoms with Crippen LogP contribution in [0.3, 0.4) is 0 Å². The first kappa shape index (κ1) is 23.0. The molecule has 182 valence electrons. The molecule has 1 unspecified atom stereocenters. The smallest absolute Gasteiger partial charge is 0.232 e. The summed E-state index contributed by atoms with van der Waals surface area (Å²) in [5, 5.41) is 15.1. The van der Waals surface area contributed by atoms with Gasteiger partial charge in [-0.05, 0) is 61.1 Å². The number of aromatic amines is 1. The number of hydrogen-bond acceptors (Lipinski definition) is 6. The average molecular weight is 486 g/mol. The fourth-order valence-corrected chi connectivity index (χ4v) is 5.75. The molecule has 2 aromatic carbocycles. The van der Waals surface area contributed by atoms with E-state index in [1.165, 1.54) is 40.0 Å². The molecule has 34 heavy (non-hydrogen) atoms. The van der Waals surface area contributed by atoms with E-state index < -0.39 is 16.1 Å². The van der Waals surface area contributed by atoms with Crippen LogP contribution >= 0.6 is 0 Å². The second-order valence-corrected chi connectivity index (χ2v) is 10.9. The van der Waals surface area contributed by atoms with Gasteiger partial charge in [0.2, 0.25) is 10.0 Å². The molecule has 2 heterocycles. The monoisotopic (exact) mass is 485 g/mol. The quantitative estimate of drug-likeness (QED) is 0.424. The summed E-state index contributed by atoms with van der Waals surface area (Å²) in [4.78, 5) is 3.55. The van der Waals surface area contributed by atoms with Crippen molar-refractivity contribution in [2.75, 3.05) is 43.4 Å². The number of rotatable bonds is 8. The molecule has 3 N–H and O–H groups in total. The van der Waals surface area contributed by atoms with Gasteiger partial charge in [-0.15, -0.1) is 0 Å². The molecule has 0 bridgehead atoms. The third-order valence-corrected chi connectivity index (χ3v) is 7.72. The summed E-state index contributed by atoms with van der Waals surface area (Å²) < 4.78 is 37.0. The number of aliphatic hydroxyl groups is 1. The molecule has 0 amide bonds. The number of hydrogen-bond donors (Lipinski definition) is 3. The summed E-state index contributed by atoms with van der Waals surface area (Å²) in [5.74, 6) is 1.33. The molecule has 9 heteroatoms. The average Bonchev–Trinajstić information content (AvgIpc) is 3.20. The van der Waals surface area contributed by atoms with Gasteiger partial charge in [0, 0.05) is 35.8 Å². The minimum atomic E-state index is -3.41. The van der Waals surface area contributed by atoms with E-state index >= 15 is 0 Å². The Labute approximate surface area is 199 Å². The van der Waals surface area contributed by atoms with Gasteiger partial charge in [-0.1, -0.05) is 6.07 Å². The van der Waals surface area contributed by atoms with Gasteiger partial charge < -0.3 is 24.9 Å². The van der Waals surface area contributed by atoms with Crippen LogP contribution in [0.5, 0.6) is 11.5 Å². The van der Waals surface area contributed by atoms with Gasteiger partial charge in [0.1, 0.15) is 24.7 Å². The third-order valence-electron chi connectivity index (χ3n) is 6.54. The largest absolute Gasteiger partial charge is 0.492 e. The van der Waals surface area contributed by atoms with Crippen LogP contribution in [0, 0.1) is 0 Å². The highest BCUT2D eigenvalue weighted by Gasteiger charge is 2.26. The van der Waals surface area contributed by atoms with Crippen LogP contribution < -0.4 is 19.1 Å². The highest BCUT2D eigenvalue weighted by molar-refractivity contribution is 7.92. The van der Waals surface area contributed by atoms with Crippen LogP contribution in [-0.4, -0.2) is 57.6 Å². The van der Waals surface area contributed by atoms with E-state index in [4.69, 9.17) is 9.47 Å². The second kappa shape index (κ2) is 9.48. The number of fused-ring (bicyclic) bond motifs is 4. The van der Waals surface area contributed by atoms with Crippen molar-refractivity contribution >= 4 is 26.6 Å². The summed E-state index contributed by atoms with van der Waals surface area (Å²) >= 11 is 0. The summed E-state index contributed by atoms with van der Waals surface area (Å²) in [6.45, 7) is 1.93. The van der Waals surface area contributed by atoms with Crippen LogP contribution in [-0.2, 0) is 22.9 Å². The topological polar surface area (TPSA) is 104 Å². The molecule has 8 nitrogen and oxygen atoms in total. The van der Waals surface area contributed by atoms with Gasteiger partial charge in [-0.25, -0.2) is 8.42 Å². The van der Waals surface area contributed by atoms with E-state index in [0.717, 1.165) is 24.1 Å². The van der Waals surface area contributed by atoms with Gasteiger partial charge in [-0.3, -0.25) is 4.31 Å². The molecular weight excluding hydrogens is 454 g/mol. The maximum Gasteiger partial charge on any atom is 0.232 e. The second-order valence-electron chi connectivity index (χ2n) is 8.98. The Morgan fingerprint density at radius 1 is 1.21 bits per heavy atom. The highest BCUT2D eigenvalue weighted by atomic mass is 32.2. The molecule has 1 aliphatic heterocycles. The lowest BCUT2D eigenvalue weighted by molar-refractivity contribution is 0.172. The molecule has 0 radical (unpaired) electrons. The van der Waals surface area contributed by atoms with Gasteiger partial charge in [0.05, 0.1) is 24.6 Å². The summed E-state index contributed by atoms with van der Waals surface area (Å²) in [6.07, 6.45) is 5.16. The summed E-state index contributed by atoms with van der Waals surface area (Å²) in [5.41, 5.74) is 5.05. The maximum absolute atomic E-state index is 12.1. The predicted molar refractivity (Wildman–Crippen MR) is 132 cm³/mol. The normalized spacial score (nSPS) is 16.6. The molecule has 0 spiro atoms. The third kappa shape index (κ3) is 4.73. The minimum absolute atomic E-state index is 0.262. The first-order chi connectivity index (χ1) is 16.4. The number of aryl methyl sites for hydroxylation is 2. The molecule has 1 atom stereocenters. The minimum Gasteiger partial charge on any atom is -0.492 e. The van der Waals surface area contributed by atoms with E-state index in [1.54, 1.807) is 18.2 Å². The molecule has 1 aliphatic carbocycles. The van der Waals surface area contributed by atoms with Crippen molar-refractivity contribution in [2.45, 2.75) is 31.8 Å². The predicted octanol–water partition coefficient (Wildman–Crippen LogP) is 2.91. The van der Waals surface area contributed by atoms with Crippen molar-refractivity contribution in [2.24, 2.45) is 0 Å². The molecule has 0 saturated heterocycles. The number of sulfonamides is 1. The van der Waals surface area contributed by atoms with Crippen molar-refractivity contribution in [1.82, 2.24) is 10.3 Å². The van der Waals surface area contributed by atoms with Crippen LogP contribution in [0.1, 0.15) is 35.8 Å². The van der Waals surface area contributed by atoms with Crippen LogP contribution in [0.15, 0.2) is 36.4 Å². The lowest BCUT2D eigenvalue weighted by Gasteiger charge is -2.30. The van der Waals surface area contributed by atoms with E-state index in [1.807, 2.05) is 6.07 Å². The fraction of sp³-hybridized carbons (Fsp3) is 0.440. The van der Waals surface area contributed by atoms with Gasteiger partial charge in [0.25, 0.3) is 0 Å². The number of aliphatic hydroxyl groups excluding tert-OH is 1. The molecule has 2 aliphatic rings. The summed E-state index contributed by atoms with van der Waals surface area (Å²) in [6, 6.07) is 11.4. The number of anilines is 1. The number of nitrogens with zero attached hydrogens (tertiary/aromatic N) is 1. The lowest BCUT2D eigenvalue weighted by atomic mass is 9.96. The number of nitrogens with one attached hydrogen (secondary N) is 2. The van der Waals surface area contributed by atoms with Crippen molar-refractivity contribution in [3.63, 3.8) is 0 Å². The van der Waals surface area contributed by atoms with Crippen LogP contribution in [0.25, 0.3) is 10.9 Å². The van der Waals surface area contributed by atoms with Gasteiger partial charge in [-0.2, -0.15) is 0 Å². The highest BCUT2D eigenvalue weighted by Crippen LogP contribution is 2.35. The zero-order valence-corrected chi connectivity index (χ0v) is 20.2. The summed E-state index contributed by atoms with van der Waals surface area (Å²) in [7, 11) is -3.41. The first-order valence-electron chi connectivity index (χ1n) is 11.8. The zero-order chi connectivity index (χ0) is 23.7. The van der Waals surface area contributed by atoms with Crippen molar-refractivity contribution in [3.05, 3.63) is 53.2 Å². The molecule has 5 rings (SSSR count). The van der Waals surface area contributed by atoms with E-state index in [0.29, 0.717) is 43.3 Å². The fourth-order valence-electron chi connectivity index (χ4n) is 4.84. The maximum atomic E-state index is 12.1. The number of aromatic nitrogens is 1. The van der Waals surface area contributed by atoms with Crippen LogP contribution in [0.4, 0.5) is 5.69 Å². The lowest BCUT2D eigenvalue weighted by Crippen LogP contribution is -2.37.